The fourth-order valence-corrected chi connectivity index (χ4v) is 15.3. The molecule has 0 radical (unpaired) electrons. The Morgan fingerprint density at radius 3 is 2.32 bits per heavy atom. The number of amides is 1. The quantitative estimate of drug-likeness (QED) is 0.0520. The summed E-state index contributed by atoms with van der Waals surface area (Å²) in [6, 6.07) is 6.02. The summed E-state index contributed by atoms with van der Waals surface area (Å²) in [5.74, 6) is 2.72. The highest BCUT2D eigenvalue weighted by Gasteiger charge is 2.55. The predicted octanol–water partition coefficient (Wildman–Crippen LogP) is 9.64. The Labute approximate surface area is 370 Å². The fourth-order valence-electron chi connectivity index (χ4n) is 10.1. The molecule has 2 aromatic carbocycles. The number of piperazine rings is 1. The highest BCUT2D eigenvalue weighted by molar-refractivity contribution is 6.90. The molecule has 2 saturated heterocycles. The number of hydrogen-bond acceptors (Lipinski definition) is 11. The van der Waals surface area contributed by atoms with Crippen LogP contribution < -0.4 is 14.4 Å². The van der Waals surface area contributed by atoms with Gasteiger partial charge in [-0.3, -0.25) is 9.88 Å². The van der Waals surface area contributed by atoms with Crippen LogP contribution in [-0.2, 0) is 19.0 Å². The second-order valence-electron chi connectivity index (χ2n) is 19.6. The van der Waals surface area contributed by atoms with E-state index in [1.165, 1.54) is 19.4 Å². The first-order valence-electron chi connectivity index (χ1n) is 22.0. The molecule has 1 saturated carbocycles. The van der Waals surface area contributed by atoms with Gasteiger partial charge in [0.15, 0.2) is 12.6 Å². The van der Waals surface area contributed by atoms with Gasteiger partial charge in [-0.25, -0.2) is 13.6 Å². The summed E-state index contributed by atoms with van der Waals surface area (Å²) in [5, 5.41) is 1.27. The van der Waals surface area contributed by atoms with E-state index in [1.807, 2.05) is 25.7 Å². The van der Waals surface area contributed by atoms with Gasteiger partial charge in [0.2, 0.25) is 0 Å². The molecular formula is C48H61F2N5O7Si. The zero-order chi connectivity index (χ0) is 45.6. The van der Waals surface area contributed by atoms with Crippen molar-refractivity contribution in [3.05, 3.63) is 47.7 Å². The van der Waals surface area contributed by atoms with Gasteiger partial charge in [0.05, 0.1) is 34.6 Å². The van der Waals surface area contributed by atoms with Gasteiger partial charge < -0.3 is 33.4 Å². The Morgan fingerprint density at radius 2 is 1.70 bits per heavy atom. The average Bonchev–Trinajstić information content (AvgIpc) is 3.96. The summed E-state index contributed by atoms with van der Waals surface area (Å²) in [7, 11) is 0.767. The summed E-state index contributed by atoms with van der Waals surface area (Å²) in [4.78, 5) is 43.8. The zero-order valence-corrected chi connectivity index (χ0v) is 39.5. The molecular weight excluding hydrogens is 825 g/mol. The van der Waals surface area contributed by atoms with E-state index in [0.717, 1.165) is 6.29 Å². The van der Waals surface area contributed by atoms with Crippen LogP contribution in [-0.4, -0.2) is 105 Å². The molecule has 4 aromatic rings. The number of methoxy groups -OCH3 is 2. The molecule has 4 heterocycles. The van der Waals surface area contributed by atoms with Crippen LogP contribution in [0.2, 0.25) is 16.6 Å². The summed E-state index contributed by atoms with van der Waals surface area (Å²) in [6.45, 7) is 19.5. The van der Waals surface area contributed by atoms with Gasteiger partial charge in [-0.1, -0.05) is 53.5 Å². The molecule has 0 N–H and O–H groups in total. The first-order chi connectivity index (χ1) is 29.8. The number of carbonyl (C=O) groups is 2. The molecule has 2 unspecified atom stereocenters. The van der Waals surface area contributed by atoms with E-state index >= 15 is 8.78 Å². The minimum atomic E-state index is -2.33. The molecule has 2 atom stereocenters. The lowest BCUT2D eigenvalue weighted by Gasteiger charge is -2.49. The van der Waals surface area contributed by atoms with Crippen molar-refractivity contribution >= 4 is 47.9 Å². The largest absolute Gasteiger partial charge is 0.468 e. The van der Waals surface area contributed by atoms with Crippen molar-refractivity contribution in [2.75, 3.05) is 52.2 Å². The van der Waals surface area contributed by atoms with Crippen molar-refractivity contribution in [2.45, 2.75) is 122 Å². The van der Waals surface area contributed by atoms with Crippen LogP contribution in [0.4, 0.5) is 19.4 Å². The van der Waals surface area contributed by atoms with Crippen LogP contribution in [0.5, 0.6) is 11.8 Å². The molecule has 1 aliphatic carbocycles. The molecule has 63 heavy (non-hydrogen) atoms. The third kappa shape index (κ3) is 8.70. The summed E-state index contributed by atoms with van der Waals surface area (Å²) >= 11 is 0. The van der Waals surface area contributed by atoms with Crippen molar-refractivity contribution in [3.8, 4) is 34.5 Å². The normalized spacial score (nSPS) is 19.5. The number of carbonyl (C=O) groups excluding carboxylic acids is 2. The lowest BCUT2D eigenvalue weighted by atomic mass is 9.95. The molecule has 2 bridgehead atoms. The molecule has 3 aliphatic rings. The maximum atomic E-state index is 17.8. The third-order valence-corrected chi connectivity index (χ3v) is 19.5. The molecule has 3 fully saturated rings. The number of ether oxygens (including phenoxy) is 5. The van der Waals surface area contributed by atoms with E-state index in [1.54, 1.807) is 30.2 Å². The van der Waals surface area contributed by atoms with Crippen LogP contribution in [0.25, 0.3) is 32.9 Å². The van der Waals surface area contributed by atoms with E-state index in [0.29, 0.717) is 83.1 Å². The van der Waals surface area contributed by atoms with E-state index in [9.17, 15) is 9.59 Å². The van der Waals surface area contributed by atoms with Gasteiger partial charge in [-0.15, -0.1) is 5.54 Å². The van der Waals surface area contributed by atoms with Gasteiger partial charge in [0.25, 0.3) is 0 Å². The SMILES string of the molecule is COCOc1cc(-c2ncc3c(N4CC5CCC(COC)(C4)N5C(=O)OC(C)(C)C)nc(OCC4(C=O)CC4)nc3c2F)c2c(C#C[Si](C(C)C)(C(C)C)C(C)C)c(F)ccc2c1. The van der Waals surface area contributed by atoms with E-state index in [-0.39, 0.29) is 54.4 Å². The van der Waals surface area contributed by atoms with Crippen molar-refractivity contribution in [3.63, 3.8) is 0 Å². The first kappa shape index (κ1) is 46.1. The second kappa shape index (κ2) is 17.6. The van der Waals surface area contributed by atoms with Crippen molar-refractivity contribution in [1.82, 2.24) is 19.9 Å². The topological polar surface area (TPSA) is 125 Å². The van der Waals surface area contributed by atoms with Crippen LogP contribution in [0.3, 0.4) is 0 Å². The molecule has 2 aromatic heterocycles. The number of halogens is 2. The standard InChI is InChI=1S/C48H61F2N5O7Si/c1-29(2)63(30(3)4,31(5)6)19-15-35-38(49)13-12-32-20-34(61-28-59-11)21-36(39(32)35)41-40(50)42-37(22-51-41)43(53-44(52-42)60-26-47(25-56)17-18-47)54-23-33-14-16-48(24-54,27-58-10)55(33)45(57)62-46(7,8)9/h12-13,20-22,25,29-31,33H,14,16-18,23-24,26-28H2,1-11H3. The number of hydrogen-bond donors (Lipinski definition) is 0. The predicted molar refractivity (Wildman–Crippen MR) is 242 cm³/mol. The number of aldehydes is 1. The Kier molecular flexibility index (Phi) is 12.9. The number of pyridine rings is 1. The van der Waals surface area contributed by atoms with Gasteiger partial charge in [0, 0.05) is 44.5 Å². The number of benzene rings is 2. The van der Waals surface area contributed by atoms with Gasteiger partial charge >= 0.3 is 12.1 Å². The van der Waals surface area contributed by atoms with Crippen molar-refractivity contribution < 1.29 is 42.1 Å². The Morgan fingerprint density at radius 1 is 0.984 bits per heavy atom. The van der Waals surface area contributed by atoms with Crippen LogP contribution in [0.1, 0.15) is 93.6 Å². The minimum Gasteiger partial charge on any atom is -0.468 e. The van der Waals surface area contributed by atoms with Gasteiger partial charge in [-0.2, -0.15) is 9.97 Å². The number of aromatic nitrogens is 3. The fraction of sp³-hybridized carbons (Fsp3) is 0.562. The maximum absolute atomic E-state index is 17.8. The smallest absolute Gasteiger partial charge is 0.411 e. The lowest BCUT2D eigenvalue weighted by molar-refractivity contribution is -0.113. The number of anilines is 1. The molecule has 12 nitrogen and oxygen atoms in total. The van der Waals surface area contributed by atoms with Crippen molar-refractivity contribution in [1.29, 1.82) is 0 Å². The summed E-state index contributed by atoms with van der Waals surface area (Å²) in [5.41, 5.74) is 2.65. The number of fused-ring (bicyclic) bond motifs is 4. The molecule has 15 heteroatoms. The average molecular weight is 886 g/mol. The second-order valence-corrected chi connectivity index (χ2v) is 25.1. The maximum Gasteiger partial charge on any atom is 0.411 e. The number of rotatable bonds is 14. The molecule has 338 valence electrons. The molecule has 0 spiro atoms. The van der Waals surface area contributed by atoms with Gasteiger partial charge in [0.1, 0.15) is 55.2 Å². The minimum absolute atomic E-state index is 0.0302. The lowest BCUT2D eigenvalue weighted by Crippen LogP contribution is -2.66. The van der Waals surface area contributed by atoms with Crippen LogP contribution >= 0.6 is 0 Å². The molecule has 2 aliphatic heterocycles. The van der Waals surface area contributed by atoms with Crippen LogP contribution in [0, 0.1) is 28.5 Å². The van der Waals surface area contributed by atoms with Crippen molar-refractivity contribution in [2.24, 2.45) is 5.41 Å². The Bertz CT molecular complexity index is 2440. The van der Waals surface area contributed by atoms with E-state index in [2.05, 4.69) is 58.0 Å². The Hall–Kier alpha value is -4.91. The highest BCUT2D eigenvalue weighted by Crippen LogP contribution is 2.46. The Balaban J connectivity index is 1.43. The zero-order valence-electron chi connectivity index (χ0n) is 38.5. The molecule has 7 rings (SSSR count). The monoisotopic (exact) mass is 885 g/mol. The summed E-state index contributed by atoms with van der Waals surface area (Å²) < 4.78 is 63.0. The van der Waals surface area contributed by atoms with Gasteiger partial charge in [-0.05, 0) is 86.7 Å². The molecule has 1 amide bonds. The summed E-state index contributed by atoms with van der Waals surface area (Å²) in [6.07, 6.45) is 4.66. The van der Waals surface area contributed by atoms with E-state index < -0.39 is 42.4 Å². The third-order valence-electron chi connectivity index (χ3n) is 13.2. The first-order valence-corrected chi connectivity index (χ1v) is 24.2. The number of nitrogens with zero attached hydrogens (tertiary/aromatic N) is 5. The van der Waals surface area contributed by atoms with E-state index in [4.69, 9.17) is 33.7 Å². The van der Waals surface area contributed by atoms with Crippen LogP contribution in [0.15, 0.2) is 30.5 Å². The highest BCUT2D eigenvalue weighted by atomic mass is 28.3.